The molecule has 0 aromatic heterocycles. The summed E-state index contributed by atoms with van der Waals surface area (Å²) in [5, 5.41) is 2.58. The fourth-order valence-electron chi connectivity index (χ4n) is 1.83. The van der Waals surface area contributed by atoms with Crippen molar-refractivity contribution in [2.75, 3.05) is 13.2 Å². The number of hydrogen-bond acceptors (Lipinski definition) is 4. The fraction of sp³-hybridized carbons (Fsp3) is 0.556. The number of ketones is 1. The molecule has 0 heterocycles. The first kappa shape index (κ1) is 19.0. The molecule has 0 saturated carbocycles. The lowest BCUT2D eigenvalue weighted by Crippen LogP contribution is -2.33. The molecule has 0 atom stereocenters. The van der Waals surface area contributed by atoms with Crippen molar-refractivity contribution in [2.45, 2.75) is 52.6 Å². The number of amides is 1. The van der Waals surface area contributed by atoms with Crippen LogP contribution in [-0.4, -0.2) is 30.6 Å². The second-order valence-electron chi connectivity index (χ2n) is 6.33. The van der Waals surface area contributed by atoms with E-state index in [1.54, 1.807) is 39.0 Å². The monoisotopic (exact) mass is 321 g/mol. The van der Waals surface area contributed by atoms with Crippen molar-refractivity contribution in [2.24, 2.45) is 0 Å². The highest BCUT2D eigenvalue weighted by Gasteiger charge is 2.16. The molecule has 0 unspecified atom stereocenters. The topological polar surface area (TPSA) is 64.6 Å². The van der Waals surface area contributed by atoms with Crippen molar-refractivity contribution in [3.8, 4) is 5.75 Å². The Morgan fingerprint density at radius 3 is 2.61 bits per heavy atom. The number of Topliss-reactive ketones (excluding diaryl/α,β-unsaturated/α-hetero) is 1. The Morgan fingerprint density at radius 2 is 1.96 bits per heavy atom. The Kier molecular flexibility index (Phi) is 7.59. The molecule has 0 fully saturated rings. The lowest BCUT2D eigenvalue weighted by atomic mass is 10.1. The molecule has 0 aliphatic carbocycles. The van der Waals surface area contributed by atoms with E-state index in [1.807, 2.05) is 6.07 Å². The highest BCUT2D eigenvalue weighted by Crippen LogP contribution is 2.15. The number of nitrogens with one attached hydrogen (secondary N) is 1. The van der Waals surface area contributed by atoms with Crippen LogP contribution in [0.4, 0.5) is 4.79 Å². The van der Waals surface area contributed by atoms with Gasteiger partial charge >= 0.3 is 6.09 Å². The zero-order valence-electron chi connectivity index (χ0n) is 14.5. The minimum Gasteiger partial charge on any atom is -0.494 e. The zero-order valence-corrected chi connectivity index (χ0v) is 14.5. The maximum atomic E-state index is 12.1. The largest absolute Gasteiger partial charge is 0.494 e. The van der Waals surface area contributed by atoms with Crippen LogP contribution in [0, 0.1) is 0 Å². The number of alkyl carbamates (subject to hydrolysis) is 1. The van der Waals surface area contributed by atoms with Gasteiger partial charge < -0.3 is 14.8 Å². The number of carbonyl (C=O) groups is 2. The van der Waals surface area contributed by atoms with Crippen LogP contribution in [0.15, 0.2) is 24.3 Å². The molecule has 0 saturated heterocycles. The third-order valence-electron chi connectivity index (χ3n) is 2.94. The van der Waals surface area contributed by atoms with Gasteiger partial charge in [0.2, 0.25) is 0 Å². The average Bonchev–Trinajstić information content (AvgIpc) is 2.46. The van der Waals surface area contributed by atoms with E-state index < -0.39 is 11.7 Å². The lowest BCUT2D eigenvalue weighted by Gasteiger charge is -2.19. The summed E-state index contributed by atoms with van der Waals surface area (Å²) in [5.74, 6) is 0.659. The van der Waals surface area contributed by atoms with Gasteiger partial charge in [-0.2, -0.15) is 0 Å². The normalized spacial score (nSPS) is 11.0. The number of carbonyl (C=O) groups excluding carboxylic acids is 2. The van der Waals surface area contributed by atoms with Crippen LogP contribution < -0.4 is 10.1 Å². The predicted molar refractivity (Wildman–Crippen MR) is 90.0 cm³/mol. The molecule has 1 N–H and O–H groups in total. The molecule has 0 aliphatic rings. The van der Waals surface area contributed by atoms with Crippen molar-refractivity contribution in [1.82, 2.24) is 5.32 Å². The summed E-state index contributed by atoms with van der Waals surface area (Å²) in [4.78, 5) is 23.7. The first-order valence-corrected chi connectivity index (χ1v) is 8.04. The van der Waals surface area contributed by atoms with Gasteiger partial charge in [0, 0.05) is 18.5 Å². The minimum atomic E-state index is -0.543. The summed E-state index contributed by atoms with van der Waals surface area (Å²) >= 11 is 0. The Balaban J connectivity index is 2.42. The molecule has 128 valence electrons. The molecule has 1 amide bonds. The Bertz CT molecular complexity index is 520. The lowest BCUT2D eigenvalue weighted by molar-refractivity contribution is 0.0527. The van der Waals surface area contributed by atoms with E-state index in [0.717, 1.165) is 12.8 Å². The van der Waals surface area contributed by atoms with Crippen molar-refractivity contribution in [3.63, 3.8) is 0 Å². The van der Waals surface area contributed by atoms with Gasteiger partial charge in [0.1, 0.15) is 11.4 Å². The molecular formula is C18H27NO4. The summed E-state index contributed by atoms with van der Waals surface area (Å²) in [7, 11) is 0. The number of rotatable bonds is 8. The maximum Gasteiger partial charge on any atom is 0.407 e. The van der Waals surface area contributed by atoms with Crippen molar-refractivity contribution in [1.29, 1.82) is 0 Å². The second-order valence-corrected chi connectivity index (χ2v) is 6.33. The van der Waals surface area contributed by atoms with Crippen LogP contribution in [-0.2, 0) is 4.74 Å². The van der Waals surface area contributed by atoms with E-state index in [4.69, 9.17) is 9.47 Å². The molecule has 0 bridgehead atoms. The fourth-order valence-corrected chi connectivity index (χ4v) is 1.83. The van der Waals surface area contributed by atoms with Crippen molar-refractivity contribution < 1.29 is 19.1 Å². The summed E-state index contributed by atoms with van der Waals surface area (Å²) in [6.45, 7) is 8.37. The Morgan fingerprint density at radius 1 is 1.22 bits per heavy atom. The third-order valence-corrected chi connectivity index (χ3v) is 2.94. The molecule has 5 nitrogen and oxygen atoms in total. The van der Waals surface area contributed by atoms with Gasteiger partial charge in [-0.3, -0.25) is 4.79 Å². The summed E-state index contributed by atoms with van der Waals surface area (Å²) in [6.07, 6.45) is 1.76. The molecule has 1 rings (SSSR count). The van der Waals surface area contributed by atoms with Crippen LogP contribution in [0.25, 0.3) is 0 Å². The van der Waals surface area contributed by atoms with E-state index in [1.165, 1.54) is 0 Å². The highest BCUT2D eigenvalue weighted by atomic mass is 16.6. The second kappa shape index (κ2) is 9.18. The van der Waals surface area contributed by atoms with E-state index in [0.29, 0.717) is 17.9 Å². The van der Waals surface area contributed by atoms with Gasteiger partial charge in [-0.25, -0.2) is 4.79 Å². The first-order chi connectivity index (χ1) is 10.8. The van der Waals surface area contributed by atoms with Crippen LogP contribution in [0.5, 0.6) is 5.75 Å². The number of hydrogen-bond donors (Lipinski definition) is 1. The van der Waals surface area contributed by atoms with Crippen LogP contribution in [0.3, 0.4) is 0 Å². The van der Waals surface area contributed by atoms with Crippen LogP contribution in [0.1, 0.15) is 57.3 Å². The van der Waals surface area contributed by atoms with E-state index in [-0.39, 0.29) is 18.7 Å². The molecule has 0 aliphatic heterocycles. The highest BCUT2D eigenvalue weighted by molar-refractivity contribution is 5.96. The van der Waals surface area contributed by atoms with Gasteiger partial charge in [-0.1, -0.05) is 25.5 Å². The summed E-state index contributed by atoms with van der Waals surface area (Å²) in [6, 6.07) is 7.13. The van der Waals surface area contributed by atoms with E-state index in [2.05, 4.69) is 12.2 Å². The minimum absolute atomic E-state index is 0.0398. The Labute approximate surface area is 138 Å². The van der Waals surface area contributed by atoms with Gasteiger partial charge in [0.25, 0.3) is 0 Å². The van der Waals surface area contributed by atoms with E-state index in [9.17, 15) is 9.59 Å². The van der Waals surface area contributed by atoms with Crippen LogP contribution in [0.2, 0.25) is 0 Å². The molecule has 1 aromatic rings. The van der Waals surface area contributed by atoms with E-state index >= 15 is 0 Å². The predicted octanol–water partition coefficient (Wildman–Crippen LogP) is 3.96. The summed E-state index contributed by atoms with van der Waals surface area (Å²) in [5.41, 5.74) is 0.0445. The maximum absolute atomic E-state index is 12.1. The standard InChI is InChI=1S/C18H27NO4/c1-5-6-12-22-15-9-7-8-14(13-15)16(20)10-11-19-17(21)23-18(2,3)4/h7-9,13H,5-6,10-12H2,1-4H3,(H,19,21). The Hall–Kier alpha value is -2.04. The number of ether oxygens (including phenoxy) is 2. The van der Waals surface area contributed by atoms with Gasteiger partial charge in [-0.15, -0.1) is 0 Å². The quantitative estimate of drug-likeness (QED) is 0.581. The van der Waals surface area contributed by atoms with Crippen molar-refractivity contribution in [3.05, 3.63) is 29.8 Å². The molecular weight excluding hydrogens is 294 g/mol. The molecule has 23 heavy (non-hydrogen) atoms. The molecule has 1 aromatic carbocycles. The first-order valence-electron chi connectivity index (χ1n) is 8.04. The summed E-state index contributed by atoms with van der Waals surface area (Å²) < 4.78 is 10.7. The number of benzene rings is 1. The van der Waals surface area contributed by atoms with Gasteiger partial charge in [-0.05, 0) is 39.3 Å². The SMILES string of the molecule is CCCCOc1cccc(C(=O)CCNC(=O)OC(C)(C)C)c1. The van der Waals surface area contributed by atoms with Crippen LogP contribution >= 0.6 is 0 Å². The molecule has 5 heteroatoms. The smallest absolute Gasteiger partial charge is 0.407 e. The zero-order chi connectivity index (χ0) is 17.3. The van der Waals surface area contributed by atoms with Gasteiger partial charge in [0.05, 0.1) is 6.61 Å². The average molecular weight is 321 g/mol. The number of unbranched alkanes of at least 4 members (excludes halogenated alkanes) is 1. The molecule has 0 spiro atoms. The van der Waals surface area contributed by atoms with Gasteiger partial charge in [0.15, 0.2) is 5.78 Å². The van der Waals surface area contributed by atoms with Crippen molar-refractivity contribution >= 4 is 11.9 Å². The third kappa shape index (κ3) is 8.24. The molecule has 0 radical (unpaired) electrons.